The van der Waals surface area contributed by atoms with Gasteiger partial charge in [-0.1, -0.05) is 38.1 Å². The van der Waals surface area contributed by atoms with E-state index >= 15 is 0 Å². The van der Waals surface area contributed by atoms with Crippen LogP contribution in [-0.2, 0) is 17.7 Å². The van der Waals surface area contributed by atoms with Gasteiger partial charge in [0.25, 0.3) is 0 Å². The van der Waals surface area contributed by atoms with Crippen LogP contribution < -0.4 is 5.73 Å². The first kappa shape index (κ1) is 17.4. The zero-order valence-corrected chi connectivity index (χ0v) is 13.4. The van der Waals surface area contributed by atoms with E-state index in [9.17, 15) is 0 Å². The van der Waals surface area contributed by atoms with Gasteiger partial charge in [-0.2, -0.15) is 0 Å². The van der Waals surface area contributed by atoms with E-state index < -0.39 is 0 Å². The molecule has 1 aromatic carbocycles. The van der Waals surface area contributed by atoms with E-state index in [4.69, 9.17) is 10.5 Å². The summed E-state index contributed by atoms with van der Waals surface area (Å²) in [6.45, 7) is 8.89. The molecule has 0 aromatic heterocycles. The number of rotatable bonds is 5. The lowest BCUT2D eigenvalue weighted by atomic mass is 10.0. The minimum absolute atomic E-state index is 0. The number of halogens is 1. The summed E-state index contributed by atoms with van der Waals surface area (Å²) in [7, 11) is 0. The molecule has 1 unspecified atom stereocenters. The van der Waals surface area contributed by atoms with Crippen molar-refractivity contribution in [2.24, 2.45) is 11.7 Å². The summed E-state index contributed by atoms with van der Waals surface area (Å²) in [6, 6.07) is 9.03. The molecule has 114 valence electrons. The SMILES string of the molecule is CC(C)Cc1ccc(CN2CCOC(CN)C2)cc1.Cl. The minimum Gasteiger partial charge on any atom is -0.374 e. The van der Waals surface area contributed by atoms with Gasteiger partial charge in [0.1, 0.15) is 0 Å². The van der Waals surface area contributed by atoms with E-state index in [1.807, 2.05) is 0 Å². The van der Waals surface area contributed by atoms with Crippen LogP contribution in [0.5, 0.6) is 0 Å². The molecule has 1 heterocycles. The summed E-state index contributed by atoms with van der Waals surface area (Å²) in [4.78, 5) is 2.43. The van der Waals surface area contributed by atoms with Gasteiger partial charge in [-0.3, -0.25) is 4.90 Å². The van der Waals surface area contributed by atoms with Gasteiger partial charge < -0.3 is 10.5 Å². The second-order valence-electron chi connectivity index (χ2n) is 5.88. The quantitative estimate of drug-likeness (QED) is 0.907. The summed E-state index contributed by atoms with van der Waals surface area (Å²) >= 11 is 0. The fraction of sp³-hybridized carbons (Fsp3) is 0.625. The van der Waals surface area contributed by atoms with E-state index in [1.165, 1.54) is 11.1 Å². The second kappa shape index (κ2) is 8.63. The van der Waals surface area contributed by atoms with Crippen LogP contribution >= 0.6 is 12.4 Å². The molecule has 4 heteroatoms. The number of benzene rings is 1. The maximum absolute atomic E-state index is 5.67. The zero-order chi connectivity index (χ0) is 13.7. The summed E-state index contributed by atoms with van der Waals surface area (Å²) in [5.41, 5.74) is 8.48. The Labute approximate surface area is 128 Å². The fourth-order valence-corrected chi connectivity index (χ4v) is 2.58. The average Bonchev–Trinajstić information content (AvgIpc) is 2.41. The molecule has 1 atom stereocenters. The monoisotopic (exact) mass is 298 g/mol. The van der Waals surface area contributed by atoms with E-state index in [-0.39, 0.29) is 18.5 Å². The van der Waals surface area contributed by atoms with Crippen LogP contribution in [0.3, 0.4) is 0 Å². The normalized spacial score (nSPS) is 19.9. The van der Waals surface area contributed by atoms with Gasteiger partial charge >= 0.3 is 0 Å². The van der Waals surface area contributed by atoms with Crippen molar-refractivity contribution >= 4 is 12.4 Å². The third-order valence-electron chi connectivity index (χ3n) is 3.56. The lowest BCUT2D eigenvalue weighted by molar-refractivity contribution is -0.0260. The summed E-state index contributed by atoms with van der Waals surface area (Å²) in [6.07, 6.45) is 1.36. The van der Waals surface area contributed by atoms with Gasteiger partial charge in [0, 0.05) is 26.2 Å². The second-order valence-corrected chi connectivity index (χ2v) is 5.88. The van der Waals surface area contributed by atoms with E-state index in [0.717, 1.165) is 38.6 Å². The zero-order valence-electron chi connectivity index (χ0n) is 12.5. The standard InChI is InChI=1S/C16H26N2O.ClH/c1-13(2)9-14-3-5-15(6-4-14)11-18-7-8-19-16(10-17)12-18;/h3-6,13,16H,7-12,17H2,1-2H3;1H. The fourth-order valence-electron chi connectivity index (χ4n) is 2.58. The number of nitrogens with zero attached hydrogens (tertiary/aromatic N) is 1. The Morgan fingerprint density at radius 2 is 1.90 bits per heavy atom. The number of hydrogen-bond donors (Lipinski definition) is 1. The van der Waals surface area contributed by atoms with E-state index in [2.05, 4.69) is 43.0 Å². The molecule has 0 bridgehead atoms. The van der Waals surface area contributed by atoms with Gasteiger partial charge in [-0.25, -0.2) is 0 Å². The smallest absolute Gasteiger partial charge is 0.0824 e. The molecule has 1 saturated heterocycles. The average molecular weight is 299 g/mol. The number of nitrogens with two attached hydrogens (primary N) is 1. The highest BCUT2D eigenvalue weighted by atomic mass is 35.5. The predicted molar refractivity (Wildman–Crippen MR) is 86.3 cm³/mol. The van der Waals surface area contributed by atoms with Crippen molar-refractivity contribution in [1.29, 1.82) is 0 Å². The highest BCUT2D eigenvalue weighted by Gasteiger charge is 2.18. The Hall–Kier alpha value is -0.610. The molecule has 0 amide bonds. The first-order valence-corrected chi connectivity index (χ1v) is 7.29. The lowest BCUT2D eigenvalue weighted by Crippen LogP contribution is -2.45. The molecule has 1 fully saturated rings. The van der Waals surface area contributed by atoms with Gasteiger partial charge in [0.15, 0.2) is 0 Å². The molecular weight excluding hydrogens is 272 g/mol. The molecule has 1 aliphatic heterocycles. The van der Waals surface area contributed by atoms with Crippen molar-refractivity contribution in [3.05, 3.63) is 35.4 Å². The summed E-state index contributed by atoms with van der Waals surface area (Å²) in [5, 5.41) is 0. The van der Waals surface area contributed by atoms with Crippen LogP contribution in [0.2, 0.25) is 0 Å². The molecule has 3 nitrogen and oxygen atoms in total. The number of ether oxygens (including phenoxy) is 1. The third kappa shape index (κ3) is 5.41. The van der Waals surface area contributed by atoms with Crippen LogP contribution in [0.1, 0.15) is 25.0 Å². The van der Waals surface area contributed by atoms with Crippen molar-refractivity contribution in [2.45, 2.75) is 32.9 Å². The van der Waals surface area contributed by atoms with Crippen LogP contribution in [-0.4, -0.2) is 37.2 Å². The first-order valence-electron chi connectivity index (χ1n) is 7.29. The third-order valence-corrected chi connectivity index (χ3v) is 3.56. The Bertz CT molecular complexity index is 381. The molecule has 1 aliphatic rings. The molecule has 2 rings (SSSR count). The van der Waals surface area contributed by atoms with Gasteiger partial charge in [0.2, 0.25) is 0 Å². The molecule has 0 aliphatic carbocycles. The minimum atomic E-state index is 0. The van der Waals surface area contributed by atoms with Crippen LogP contribution in [0.4, 0.5) is 0 Å². The Kier molecular flexibility index (Phi) is 7.52. The number of hydrogen-bond acceptors (Lipinski definition) is 3. The van der Waals surface area contributed by atoms with Gasteiger partial charge in [0.05, 0.1) is 12.7 Å². The summed E-state index contributed by atoms with van der Waals surface area (Å²) < 4.78 is 5.59. The topological polar surface area (TPSA) is 38.5 Å². The molecule has 20 heavy (non-hydrogen) atoms. The van der Waals surface area contributed by atoms with Crippen LogP contribution in [0.25, 0.3) is 0 Å². The van der Waals surface area contributed by atoms with Crippen molar-refractivity contribution in [1.82, 2.24) is 4.90 Å². The van der Waals surface area contributed by atoms with Gasteiger partial charge in [-0.15, -0.1) is 12.4 Å². The molecule has 0 spiro atoms. The Morgan fingerprint density at radius 1 is 1.25 bits per heavy atom. The van der Waals surface area contributed by atoms with E-state index in [0.29, 0.717) is 6.54 Å². The Balaban J connectivity index is 0.00000200. The van der Waals surface area contributed by atoms with Crippen LogP contribution in [0, 0.1) is 5.92 Å². The van der Waals surface area contributed by atoms with Crippen molar-refractivity contribution < 1.29 is 4.74 Å². The molecular formula is C16H27ClN2O. The summed E-state index contributed by atoms with van der Waals surface area (Å²) in [5.74, 6) is 0.718. The first-order chi connectivity index (χ1) is 9.17. The van der Waals surface area contributed by atoms with Crippen molar-refractivity contribution in [3.63, 3.8) is 0 Å². The largest absolute Gasteiger partial charge is 0.374 e. The van der Waals surface area contributed by atoms with Crippen LogP contribution in [0.15, 0.2) is 24.3 Å². The predicted octanol–water partition coefficient (Wildman–Crippen LogP) is 2.47. The maximum Gasteiger partial charge on any atom is 0.0824 e. The number of morpholine rings is 1. The van der Waals surface area contributed by atoms with Crippen molar-refractivity contribution in [2.75, 3.05) is 26.2 Å². The molecule has 2 N–H and O–H groups in total. The van der Waals surface area contributed by atoms with Gasteiger partial charge in [-0.05, 0) is 23.5 Å². The Morgan fingerprint density at radius 3 is 2.50 bits per heavy atom. The molecule has 0 saturated carbocycles. The van der Waals surface area contributed by atoms with E-state index in [1.54, 1.807) is 0 Å². The lowest BCUT2D eigenvalue weighted by Gasteiger charge is -2.32. The molecule has 1 aromatic rings. The maximum atomic E-state index is 5.67. The highest BCUT2D eigenvalue weighted by molar-refractivity contribution is 5.85. The van der Waals surface area contributed by atoms with Crippen molar-refractivity contribution in [3.8, 4) is 0 Å². The highest BCUT2D eigenvalue weighted by Crippen LogP contribution is 2.13. The molecule has 0 radical (unpaired) electrons.